The monoisotopic (exact) mass is 342 g/mol. The molecule has 0 aliphatic carbocycles. The molecule has 4 aromatic rings. The van der Waals surface area contributed by atoms with Crippen LogP contribution in [0.4, 0.5) is 0 Å². The topological polar surface area (TPSA) is 27.1 Å². The summed E-state index contributed by atoms with van der Waals surface area (Å²) in [6, 6.07) is 26.9. The second-order valence-electron chi connectivity index (χ2n) is 6.44. The van der Waals surface area contributed by atoms with Crippen molar-refractivity contribution in [2.45, 2.75) is 19.9 Å². The first-order valence-electron chi connectivity index (χ1n) is 8.98. The van der Waals surface area contributed by atoms with Crippen LogP contribution in [0.15, 0.2) is 78.9 Å². The fraction of sp³-hybridized carbons (Fsp3) is 0.174. The minimum atomic E-state index is 0.618. The number of fused-ring (bicyclic) bond motifs is 1. The van der Waals surface area contributed by atoms with E-state index in [0.29, 0.717) is 6.61 Å². The van der Waals surface area contributed by atoms with E-state index in [4.69, 9.17) is 9.72 Å². The first-order valence-corrected chi connectivity index (χ1v) is 8.98. The lowest BCUT2D eigenvalue weighted by molar-refractivity contribution is 0.296. The van der Waals surface area contributed by atoms with E-state index >= 15 is 0 Å². The van der Waals surface area contributed by atoms with Gasteiger partial charge in [-0.2, -0.15) is 0 Å². The van der Waals surface area contributed by atoms with Crippen molar-refractivity contribution in [3.8, 4) is 5.75 Å². The zero-order chi connectivity index (χ0) is 17.8. The minimum Gasteiger partial charge on any atom is -0.491 e. The van der Waals surface area contributed by atoms with Crippen LogP contribution in [0.25, 0.3) is 11.0 Å². The summed E-state index contributed by atoms with van der Waals surface area (Å²) in [4.78, 5) is 4.86. The molecule has 3 aromatic carbocycles. The molecule has 0 aliphatic heterocycles. The van der Waals surface area contributed by atoms with Gasteiger partial charge < -0.3 is 9.30 Å². The van der Waals surface area contributed by atoms with Crippen molar-refractivity contribution in [3.05, 3.63) is 95.8 Å². The zero-order valence-corrected chi connectivity index (χ0v) is 14.9. The number of hydrogen-bond donors (Lipinski definition) is 0. The quantitative estimate of drug-likeness (QED) is 0.492. The van der Waals surface area contributed by atoms with Crippen LogP contribution in [0.3, 0.4) is 0 Å². The molecular formula is C23H22N2O. The second kappa shape index (κ2) is 7.44. The molecule has 0 unspecified atom stereocenters. The van der Waals surface area contributed by atoms with Crippen molar-refractivity contribution in [2.24, 2.45) is 0 Å². The summed E-state index contributed by atoms with van der Waals surface area (Å²) in [6.07, 6.45) is 0.819. The van der Waals surface area contributed by atoms with E-state index in [-0.39, 0.29) is 0 Å². The first-order chi connectivity index (χ1) is 12.8. The van der Waals surface area contributed by atoms with Gasteiger partial charge in [-0.05, 0) is 36.2 Å². The molecule has 0 radical (unpaired) electrons. The molecule has 0 aliphatic rings. The number of hydrogen-bond acceptors (Lipinski definition) is 2. The summed E-state index contributed by atoms with van der Waals surface area (Å²) in [5, 5.41) is 0. The van der Waals surface area contributed by atoms with Crippen LogP contribution in [-0.4, -0.2) is 16.2 Å². The van der Waals surface area contributed by atoms with Crippen LogP contribution in [0, 0.1) is 6.92 Å². The standard InChI is InChI=1S/C23H22N2O/c1-18-9-5-8-14-22(18)26-16-15-25-21-13-7-6-12-20(21)24-23(25)17-19-10-3-2-4-11-19/h2-14H,15-17H2,1H3. The lowest BCUT2D eigenvalue weighted by atomic mass is 10.1. The number of ether oxygens (including phenoxy) is 1. The molecule has 0 saturated carbocycles. The van der Waals surface area contributed by atoms with Crippen molar-refractivity contribution in [1.29, 1.82) is 0 Å². The average Bonchev–Trinajstić information content (AvgIpc) is 3.01. The Kier molecular flexibility index (Phi) is 4.69. The van der Waals surface area contributed by atoms with Gasteiger partial charge in [0.2, 0.25) is 0 Å². The second-order valence-corrected chi connectivity index (χ2v) is 6.44. The summed E-state index contributed by atoms with van der Waals surface area (Å²) < 4.78 is 8.29. The van der Waals surface area contributed by atoms with E-state index < -0.39 is 0 Å². The first kappa shape index (κ1) is 16.4. The number of benzene rings is 3. The maximum absolute atomic E-state index is 6.02. The molecule has 0 atom stereocenters. The summed E-state index contributed by atoms with van der Waals surface area (Å²) in [5.41, 5.74) is 4.62. The molecule has 0 fully saturated rings. The maximum atomic E-state index is 6.02. The minimum absolute atomic E-state index is 0.618. The Morgan fingerprint density at radius 3 is 2.42 bits per heavy atom. The van der Waals surface area contributed by atoms with Gasteiger partial charge >= 0.3 is 0 Å². The van der Waals surface area contributed by atoms with Gasteiger partial charge in [0.05, 0.1) is 17.6 Å². The lowest BCUT2D eigenvalue weighted by Gasteiger charge is -2.12. The molecule has 26 heavy (non-hydrogen) atoms. The van der Waals surface area contributed by atoms with Crippen LogP contribution in [-0.2, 0) is 13.0 Å². The molecular weight excluding hydrogens is 320 g/mol. The molecule has 1 heterocycles. The van der Waals surface area contributed by atoms with E-state index in [9.17, 15) is 0 Å². The Bertz CT molecular complexity index is 1010. The van der Waals surface area contributed by atoms with Gasteiger partial charge in [0, 0.05) is 6.42 Å². The number of aromatic nitrogens is 2. The van der Waals surface area contributed by atoms with E-state index in [1.807, 2.05) is 30.3 Å². The summed E-state index contributed by atoms with van der Waals surface area (Å²) in [6.45, 7) is 3.47. The molecule has 1 aromatic heterocycles. The predicted molar refractivity (Wildman–Crippen MR) is 106 cm³/mol. The normalized spacial score (nSPS) is 11.0. The molecule has 0 spiro atoms. The van der Waals surface area contributed by atoms with Crippen molar-refractivity contribution < 1.29 is 4.74 Å². The van der Waals surface area contributed by atoms with Gasteiger partial charge in [-0.1, -0.05) is 60.7 Å². The maximum Gasteiger partial charge on any atom is 0.122 e. The third-order valence-corrected chi connectivity index (χ3v) is 4.60. The summed E-state index contributed by atoms with van der Waals surface area (Å²) >= 11 is 0. The van der Waals surface area contributed by atoms with E-state index in [0.717, 1.165) is 41.1 Å². The molecule has 3 nitrogen and oxygen atoms in total. The number of para-hydroxylation sites is 3. The van der Waals surface area contributed by atoms with Crippen molar-refractivity contribution in [1.82, 2.24) is 9.55 Å². The molecule has 3 heteroatoms. The van der Waals surface area contributed by atoms with Gasteiger partial charge in [0.1, 0.15) is 18.2 Å². The number of nitrogens with zero attached hydrogens (tertiary/aromatic N) is 2. The molecule has 0 bridgehead atoms. The third-order valence-electron chi connectivity index (χ3n) is 4.60. The Hall–Kier alpha value is -3.07. The zero-order valence-electron chi connectivity index (χ0n) is 14.9. The number of rotatable bonds is 6. The number of imidazole rings is 1. The highest BCUT2D eigenvalue weighted by Gasteiger charge is 2.11. The summed E-state index contributed by atoms with van der Waals surface area (Å²) in [7, 11) is 0. The Morgan fingerprint density at radius 2 is 1.58 bits per heavy atom. The van der Waals surface area contributed by atoms with Crippen LogP contribution in [0.2, 0.25) is 0 Å². The Morgan fingerprint density at radius 1 is 0.846 bits per heavy atom. The van der Waals surface area contributed by atoms with Crippen LogP contribution in [0.5, 0.6) is 5.75 Å². The largest absolute Gasteiger partial charge is 0.491 e. The van der Waals surface area contributed by atoms with Crippen LogP contribution in [0.1, 0.15) is 17.0 Å². The molecule has 130 valence electrons. The van der Waals surface area contributed by atoms with Crippen molar-refractivity contribution in [2.75, 3.05) is 6.61 Å². The third kappa shape index (κ3) is 3.47. The Balaban J connectivity index is 1.58. The van der Waals surface area contributed by atoms with Gasteiger partial charge in [-0.25, -0.2) is 4.98 Å². The fourth-order valence-electron chi connectivity index (χ4n) is 3.25. The highest BCUT2D eigenvalue weighted by atomic mass is 16.5. The fourth-order valence-corrected chi connectivity index (χ4v) is 3.25. The highest BCUT2D eigenvalue weighted by molar-refractivity contribution is 5.76. The lowest BCUT2D eigenvalue weighted by Crippen LogP contribution is -2.12. The average molecular weight is 342 g/mol. The predicted octanol–water partition coefficient (Wildman–Crippen LogP) is 5.01. The van der Waals surface area contributed by atoms with Crippen molar-refractivity contribution >= 4 is 11.0 Å². The number of aryl methyl sites for hydroxylation is 1. The van der Waals surface area contributed by atoms with Gasteiger partial charge in [0.15, 0.2) is 0 Å². The van der Waals surface area contributed by atoms with Crippen LogP contribution < -0.4 is 4.74 Å². The SMILES string of the molecule is Cc1ccccc1OCCn1c(Cc2ccccc2)nc2ccccc21. The van der Waals surface area contributed by atoms with E-state index in [1.54, 1.807) is 0 Å². The van der Waals surface area contributed by atoms with Gasteiger partial charge in [-0.15, -0.1) is 0 Å². The van der Waals surface area contributed by atoms with Gasteiger partial charge in [-0.3, -0.25) is 0 Å². The molecule has 0 saturated heterocycles. The molecule has 4 rings (SSSR count). The molecule has 0 amide bonds. The van der Waals surface area contributed by atoms with Crippen molar-refractivity contribution in [3.63, 3.8) is 0 Å². The van der Waals surface area contributed by atoms with E-state index in [1.165, 1.54) is 5.56 Å². The van der Waals surface area contributed by atoms with E-state index in [2.05, 4.69) is 60.0 Å². The molecule has 0 N–H and O–H groups in total. The van der Waals surface area contributed by atoms with Gasteiger partial charge in [0.25, 0.3) is 0 Å². The Labute approximate surface area is 153 Å². The smallest absolute Gasteiger partial charge is 0.122 e. The highest BCUT2D eigenvalue weighted by Crippen LogP contribution is 2.20. The summed E-state index contributed by atoms with van der Waals surface area (Å²) in [5.74, 6) is 2.02. The van der Waals surface area contributed by atoms with Crippen LogP contribution >= 0.6 is 0 Å².